The number of nitrogens with zero attached hydrogens (tertiary/aromatic N) is 2. The number of nitrogens with one attached hydrogen (secondary N) is 1. The van der Waals surface area contributed by atoms with E-state index in [1.165, 1.54) is 0 Å². The van der Waals surface area contributed by atoms with Crippen LogP contribution >= 0.6 is 11.6 Å². The molecule has 0 fully saturated rings. The molecule has 0 spiro atoms. The highest BCUT2D eigenvalue weighted by atomic mass is 35.5. The van der Waals surface area contributed by atoms with E-state index in [1.54, 1.807) is 6.92 Å². The Bertz CT molecular complexity index is 1000. The van der Waals surface area contributed by atoms with Crippen LogP contribution in [0.15, 0.2) is 59.8 Å². The SMILES string of the molecule is CC(=O)C1=C(C)Nc2nc3ccccc3n2C1c1cccc(Cl)c1. The van der Waals surface area contributed by atoms with Gasteiger partial charge < -0.3 is 5.32 Å². The van der Waals surface area contributed by atoms with Crippen molar-refractivity contribution >= 4 is 34.4 Å². The maximum atomic E-state index is 12.4. The molecule has 1 unspecified atom stereocenters. The van der Waals surface area contributed by atoms with Gasteiger partial charge in [-0.15, -0.1) is 0 Å². The molecule has 0 aliphatic carbocycles. The number of carbonyl (C=O) groups excluding carboxylic acids is 1. The second-order valence-electron chi connectivity index (χ2n) is 5.97. The van der Waals surface area contributed by atoms with Gasteiger partial charge in [0.1, 0.15) is 0 Å². The van der Waals surface area contributed by atoms with Gasteiger partial charge in [-0.3, -0.25) is 9.36 Å². The van der Waals surface area contributed by atoms with E-state index in [-0.39, 0.29) is 11.8 Å². The molecule has 0 saturated carbocycles. The molecule has 24 heavy (non-hydrogen) atoms. The van der Waals surface area contributed by atoms with Gasteiger partial charge in [0.25, 0.3) is 0 Å². The van der Waals surface area contributed by atoms with E-state index >= 15 is 0 Å². The van der Waals surface area contributed by atoms with E-state index in [0.717, 1.165) is 33.8 Å². The number of hydrogen-bond donors (Lipinski definition) is 1. The number of fused-ring (bicyclic) bond motifs is 3. The number of allylic oxidation sites excluding steroid dienone is 2. The number of ketones is 1. The van der Waals surface area contributed by atoms with E-state index in [4.69, 9.17) is 11.6 Å². The van der Waals surface area contributed by atoms with Crippen LogP contribution in [0.2, 0.25) is 5.02 Å². The molecule has 1 atom stereocenters. The van der Waals surface area contributed by atoms with Crippen LogP contribution in [0.1, 0.15) is 25.5 Å². The fourth-order valence-corrected chi connectivity index (χ4v) is 3.61. The van der Waals surface area contributed by atoms with Crippen molar-refractivity contribution in [3.05, 3.63) is 70.4 Å². The number of imidazole rings is 1. The van der Waals surface area contributed by atoms with Crippen LogP contribution in [-0.2, 0) is 4.79 Å². The van der Waals surface area contributed by atoms with Crippen LogP contribution in [-0.4, -0.2) is 15.3 Å². The number of rotatable bonds is 2. The average molecular weight is 338 g/mol. The molecule has 3 aromatic rings. The third-order valence-electron chi connectivity index (χ3n) is 4.37. The van der Waals surface area contributed by atoms with E-state index < -0.39 is 0 Å². The van der Waals surface area contributed by atoms with Crippen LogP contribution in [0.25, 0.3) is 11.0 Å². The molecule has 2 aromatic carbocycles. The second-order valence-corrected chi connectivity index (χ2v) is 6.41. The van der Waals surface area contributed by atoms with Crippen LogP contribution < -0.4 is 5.32 Å². The number of para-hydroxylation sites is 2. The van der Waals surface area contributed by atoms with Crippen molar-refractivity contribution in [1.29, 1.82) is 0 Å². The summed E-state index contributed by atoms with van der Waals surface area (Å²) in [7, 11) is 0. The molecular weight excluding hydrogens is 322 g/mol. The third-order valence-corrected chi connectivity index (χ3v) is 4.61. The minimum Gasteiger partial charge on any atom is -0.329 e. The molecule has 1 aliphatic heterocycles. The maximum Gasteiger partial charge on any atom is 0.209 e. The molecule has 1 aromatic heterocycles. The Morgan fingerprint density at radius 2 is 2.00 bits per heavy atom. The smallest absolute Gasteiger partial charge is 0.209 e. The van der Waals surface area contributed by atoms with Gasteiger partial charge in [0.2, 0.25) is 5.95 Å². The summed E-state index contributed by atoms with van der Waals surface area (Å²) < 4.78 is 2.07. The van der Waals surface area contributed by atoms with Gasteiger partial charge in [-0.05, 0) is 43.7 Å². The lowest BCUT2D eigenvalue weighted by atomic mass is 9.92. The first-order chi connectivity index (χ1) is 11.6. The zero-order valence-electron chi connectivity index (χ0n) is 13.4. The monoisotopic (exact) mass is 337 g/mol. The average Bonchev–Trinajstić information content (AvgIpc) is 2.91. The van der Waals surface area contributed by atoms with Crippen LogP contribution in [0, 0.1) is 0 Å². The molecule has 5 heteroatoms. The van der Waals surface area contributed by atoms with Crippen molar-refractivity contribution in [2.24, 2.45) is 0 Å². The van der Waals surface area contributed by atoms with E-state index in [1.807, 2.05) is 55.5 Å². The summed E-state index contributed by atoms with van der Waals surface area (Å²) in [6.45, 7) is 3.51. The minimum absolute atomic E-state index is 0.0356. The van der Waals surface area contributed by atoms with Crippen molar-refractivity contribution in [1.82, 2.24) is 9.55 Å². The van der Waals surface area contributed by atoms with Crippen LogP contribution in [0.4, 0.5) is 5.95 Å². The van der Waals surface area contributed by atoms with E-state index in [9.17, 15) is 4.79 Å². The zero-order chi connectivity index (χ0) is 16.8. The summed E-state index contributed by atoms with van der Waals surface area (Å²) in [6, 6.07) is 15.3. The molecule has 1 N–H and O–H groups in total. The summed E-state index contributed by atoms with van der Waals surface area (Å²) in [5, 5.41) is 3.92. The lowest BCUT2D eigenvalue weighted by Gasteiger charge is -2.30. The van der Waals surface area contributed by atoms with Crippen LogP contribution in [0.3, 0.4) is 0 Å². The number of halogens is 1. The molecule has 0 radical (unpaired) electrons. The van der Waals surface area contributed by atoms with Gasteiger partial charge in [0, 0.05) is 16.3 Å². The molecule has 0 bridgehead atoms. The summed E-state index contributed by atoms with van der Waals surface area (Å²) in [5.41, 5.74) is 4.40. The first kappa shape index (κ1) is 15.0. The van der Waals surface area contributed by atoms with E-state index in [2.05, 4.69) is 14.9 Å². The van der Waals surface area contributed by atoms with Crippen molar-refractivity contribution in [3.63, 3.8) is 0 Å². The maximum absolute atomic E-state index is 12.4. The van der Waals surface area contributed by atoms with Gasteiger partial charge in [0.05, 0.1) is 17.1 Å². The Hall–Kier alpha value is -2.59. The topological polar surface area (TPSA) is 46.9 Å². The molecule has 0 amide bonds. The lowest BCUT2D eigenvalue weighted by molar-refractivity contribution is -0.114. The molecule has 4 rings (SSSR count). The number of benzene rings is 2. The first-order valence-electron chi connectivity index (χ1n) is 7.77. The Morgan fingerprint density at radius 3 is 2.75 bits per heavy atom. The predicted octanol–water partition coefficient (Wildman–Crippen LogP) is 4.57. The van der Waals surface area contributed by atoms with Crippen LogP contribution in [0.5, 0.6) is 0 Å². The number of aromatic nitrogens is 2. The summed E-state index contributed by atoms with van der Waals surface area (Å²) >= 11 is 6.21. The fraction of sp³-hybridized carbons (Fsp3) is 0.158. The molecular formula is C19H16ClN3O. The highest BCUT2D eigenvalue weighted by Crippen LogP contribution is 2.39. The standard InChI is InChI=1S/C19H16ClN3O/c1-11-17(12(2)24)18(13-6-5-7-14(20)10-13)23-16-9-4-3-8-15(16)22-19(23)21-11/h3-10,18H,1-2H3,(H,21,22). The second kappa shape index (κ2) is 5.49. The van der Waals surface area contributed by atoms with Gasteiger partial charge in [0.15, 0.2) is 5.78 Å². The number of Topliss-reactive ketones (excluding diaryl/α,β-unsaturated/α-hetero) is 1. The number of carbonyl (C=O) groups is 1. The quantitative estimate of drug-likeness (QED) is 0.745. The molecule has 2 heterocycles. The van der Waals surface area contributed by atoms with Gasteiger partial charge in [-0.2, -0.15) is 0 Å². The van der Waals surface area contributed by atoms with Gasteiger partial charge >= 0.3 is 0 Å². The number of anilines is 1. The van der Waals surface area contributed by atoms with Gasteiger partial charge in [-0.1, -0.05) is 35.9 Å². The molecule has 0 saturated heterocycles. The Kier molecular flexibility index (Phi) is 3.43. The third kappa shape index (κ3) is 2.22. The summed E-state index contributed by atoms with van der Waals surface area (Å²) in [5.74, 6) is 0.775. The molecule has 4 nitrogen and oxygen atoms in total. The first-order valence-corrected chi connectivity index (χ1v) is 8.15. The van der Waals surface area contributed by atoms with E-state index in [0.29, 0.717) is 5.02 Å². The molecule has 120 valence electrons. The van der Waals surface area contributed by atoms with Crippen molar-refractivity contribution in [3.8, 4) is 0 Å². The Labute approximate surface area is 144 Å². The van der Waals surface area contributed by atoms with Crippen molar-refractivity contribution < 1.29 is 4.79 Å². The zero-order valence-corrected chi connectivity index (χ0v) is 14.1. The normalized spacial score (nSPS) is 16.9. The largest absolute Gasteiger partial charge is 0.329 e. The highest BCUT2D eigenvalue weighted by Gasteiger charge is 2.32. The van der Waals surface area contributed by atoms with Crippen molar-refractivity contribution in [2.75, 3.05) is 5.32 Å². The minimum atomic E-state index is -0.246. The predicted molar refractivity (Wildman–Crippen MR) is 96.3 cm³/mol. The highest BCUT2D eigenvalue weighted by molar-refractivity contribution is 6.30. The summed E-state index contributed by atoms with van der Waals surface area (Å²) in [4.78, 5) is 17.1. The Morgan fingerprint density at radius 1 is 1.21 bits per heavy atom. The van der Waals surface area contributed by atoms with Crippen molar-refractivity contribution in [2.45, 2.75) is 19.9 Å². The van der Waals surface area contributed by atoms with Gasteiger partial charge in [-0.25, -0.2) is 4.98 Å². The fourth-order valence-electron chi connectivity index (χ4n) is 3.41. The summed E-state index contributed by atoms with van der Waals surface area (Å²) in [6.07, 6.45) is 0. The molecule has 1 aliphatic rings. The number of hydrogen-bond acceptors (Lipinski definition) is 3. The lowest BCUT2D eigenvalue weighted by Crippen LogP contribution is -2.26. The Balaban J connectivity index is 2.05.